The van der Waals surface area contributed by atoms with E-state index in [-0.39, 0.29) is 23.6 Å². The monoisotopic (exact) mass is 538 g/mol. The highest BCUT2D eigenvalue weighted by Gasteiger charge is 2.13. The van der Waals surface area contributed by atoms with E-state index in [1.807, 2.05) is 48.5 Å². The van der Waals surface area contributed by atoms with Crippen LogP contribution in [0, 0.1) is 17.5 Å². The quantitative estimate of drug-likeness (QED) is 0.154. The third kappa shape index (κ3) is 7.54. The summed E-state index contributed by atoms with van der Waals surface area (Å²) in [5.74, 6) is -1.18. The van der Waals surface area contributed by atoms with Crippen molar-refractivity contribution >= 4 is 22.4 Å². The van der Waals surface area contributed by atoms with Crippen molar-refractivity contribution in [2.45, 2.75) is 64.7 Å². The summed E-state index contributed by atoms with van der Waals surface area (Å²) in [6, 6.07) is 19.3. The highest BCUT2D eigenvalue weighted by Crippen LogP contribution is 2.26. The summed E-state index contributed by atoms with van der Waals surface area (Å²) >= 11 is 5.94. The van der Waals surface area contributed by atoms with Crippen LogP contribution in [-0.2, 0) is 25.7 Å². The first kappa shape index (κ1) is 28.0. The molecule has 0 spiro atoms. The number of halogens is 4. The van der Waals surface area contributed by atoms with E-state index in [4.69, 9.17) is 16.3 Å². The standard InChI is InChI=1S/C33H34ClF3O/c1-2-3-4-5-6-19-38-28-21-31(35)30(32(36)22-28)18-11-24-10-17-29-26(20-24)14-13-25(33(29)37)12-7-23-8-15-27(34)16-9-23/h8-10,13-17,20-22H,2-7,11-12,18-19H2,1H3. The van der Waals surface area contributed by atoms with Crippen molar-refractivity contribution in [3.05, 3.63) is 111 Å². The Morgan fingerprint density at radius 3 is 2.11 bits per heavy atom. The van der Waals surface area contributed by atoms with E-state index < -0.39 is 11.6 Å². The number of hydrogen-bond donors (Lipinski definition) is 0. The lowest BCUT2D eigenvalue weighted by molar-refractivity contribution is 0.301. The molecule has 4 aromatic rings. The maximum Gasteiger partial charge on any atom is 0.134 e. The number of fused-ring (bicyclic) bond motifs is 1. The molecule has 0 radical (unpaired) electrons. The summed E-state index contributed by atoms with van der Waals surface area (Å²) in [5.41, 5.74) is 2.71. The Bertz CT molecular complexity index is 1330. The van der Waals surface area contributed by atoms with Crippen molar-refractivity contribution in [1.29, 1.82) is 0 Å². The molecule has 0 aliphatic heterocycles. The molecule has 200 valence electrons. The fraction of sp³-hybridized carbons (Fsp3) is 0.333. The van der Waals surface area contributed by atoms with Crippen molar-refractivity contribution < 1.29 is 17.9 Å². The zero-order valence-corrected chi connectivity index (χ0v) is 22.6. The zero-order chi connectivity index (χ0) is 26.9. The SMILES string of the molecule is CCCCCCCOc1cc(F)c(CCc2ccc3c(F)c(CCc4ccc(Cl)cc4)ccc3c2)c(F)c1. The van der Waals surface area contributed by atoms with E-state index in [2.05, 4.69) is 6.92 Å². The molecule has 0 saturated heterocycles. The van der Waals surface area contributed by atoms with Crippen LogP contribution < -0.4 is 4.74 Å². The van der Waals surface area contributed by atoms with Crippen LogP contribution >= 0.6 is 11.6 Å². The Balaban J connectivity index is 1.36. The van der Waals surface area contributed by atoms with Gasteiger partial charge in [-0.25, -0.2) is 13.2 Å². The molecule has 0 heterocycles. The van der Waals surface area contributed by atoms with Gasteiger partial charge in [0.15, 0.2) is 0 Å². The van der Waals surface area contributed by atoms with Gasteiger partial charge >= 0.3 is 0 Å². The third-order valence-electron chi connectivity index (χ3n) is 6.99. The molecule has 5 heteroatoms. The van der Waals surface area contributed by atoms with Crippen LogP contribution in [0.5, 0.6) is 5.75 Å². The van der Waals surface area contributed by atoms with Gasteiger partial charge < -0.3 is 4.74 Å². The van der Waals surface area contributed by atoms with E-state index in [0.29, 0.717) is 35.4 Å². The van der Waals surface area contributed by atoms with Gasteiger partial charge in [0.25, 0.3) is 0 Å². The lowest BCUT2D eigenvalue weighted by atomic mass is 9.97. The summed E-state index contributed by atoms with van der Waals surface area (Å²) in [4.78, 5) is 0. The van der Waals surface area contributed by atoms with Gasteiger partial charge in [0.05, 0.1) is 6.61 Å². The van der Waals surface area contributed by atoms with Gasteiger partial charge in [-0.15, -0.1) is 0 Å². The molecule has 0 amide bonds. The number of aryl methyl sites for hydroxylation is 3. The van der Waals surface area contributed by atoms with Gasteiger partial charge in [-0.1, -0.05) is 86.7 Å². The van der Waals surface area contributed by atoms with Gasteiger partial charge in [0.2, 0.25) is 0 Å². The van der Waals surface area contributed by atoms with E-state index in [1.165, 1.54) is 25.0 Å². The van der Waals surface area contributed by atoms with E-state index in [9.17, 15) is 8.78 Å². The fourth-order valence-electron chi connectivity index (χ4n) is 4.73. The first-order chi connectivity index (χ1) is 18.4. The smallest absolute Gasteiger partial charge is 0.134 e. The van der Waals surface area contributed by atoms with Gasteiger partial charge in [0.1, 0.15) is 23.2 Å². The Labute approximate surface area is 228 Å². The summed E-state index contributed by atoms with van der Waals surface area (Å²) in [5, 5.41) is 2.01. The van der Waals surface area contributed by atoms with Crippen molar-refractivity contribution in [3.63, 3.8) is 0 Å². The van der Waals surface area contributed by atoms with Crippen molar-refractivity contribution in [1.82, 2.24) is 0 Å². The van der Waals surface area contributed by atoms with Gasteiger partial charge in [-0.2, -0.15) is 0 Å². The highest BCUT2D eigenvalue weighted by molar-refractivity contribution is 6.30. The summed E-state index contributed by atoms with van der Waals surface area (Å²) in [6.45, 7) is 2.61. The lowest BCUT2D eigenvalue weighted by Gasteiger charge is -2.11. The highest BCUT2D eigenvalue weighted by atomic mass is 35.5. The van der Waals surface area contributed by atoms with E-state index in [1.54, 1.807) is 6.07 Å². The second-order valence-electron chi connectivity index (χ2n) is 9.85. The maximum atomic E-state index is 15.2. The molecule has 0 fully saturated rings. The zero-order valence-electron chi connectivity index (χ0n) is 21.8. The Morgan fingerprint density at radius 2 is 1.37 bits per heavy atom. The van der Waals surface area contributed by atoms with E-state index in [0.717, 1.165) is 42.2 Å². The molecule has 0 saturated carbocycles. The molecule has 38 heavy (non-hydrogen) atoms. The average molecular weight is 539 g/mol. The first-order valence-electron chi connectivity index (χ1n) is 13.5. The Kier molecular flexibility index (Phi) is 10.1. The van der Waals surface area contributed by atoms with Crippen LogP contribution in [0.15, 0.2) is 66.7 Å². The second kappa shape index (κ2) is 13.7. The summed E-state index contributed by atoms with van der Waals surface area (Å²) < 4.78 is 50.1. The second-order valence-corrected chi connectivity index (χ2v) is 10.3. The molecule has 0 aliphatic rings. The number of benzene rings is 4. The molecule has 0 atom stereocenters. The Morgan fingerprint density at radius 1 is 0.684 bits per heavy atom. The molecule has 0 aromatic heterocycles. The third-order valence-corrected chi connectivity index (χ3v) is 7.24. The predicted octanol–water partition coefficient (Wildman–Crippen LogP) is 9.83. The molecule has 4 rings (SSSR count). The molecule has 0 N–H and O–H groups in total. The molecule has 0 bridgehead atoms. The molecular weight excluding hydrogens is 505 g/mol. The fourth-order valence-corrected chi connectivity index (χ4v) is 4.86. The molecule has 0 unspecified atom stereocenters. The van der Waals surface area contributed by atoms with Crippen molar-refractivity contribution in [2.75, 3.05) is 6.61 Å². The van der Waals surface area contributed by atoms with Crippen LogP contribution in [-0.4, -0.2) is 6.61 Å². The minimum atomic E-state index is -0.594. The maximum absolute atomic E-state index is 15.2. The predicted molar refractivity (Wildman–Crippen MR) is 151 cm³/mol. The number of hydrogen-bond acceptors (Lipinski definition) is 1. The first-order valence-corrected chi connectivity index (χ1v) is 13.9. The van der Waals surface area contributed by atoms with Crippen LogP contribution in [0.4, 0.5) is 13.2 Å². The van der Waals surface area contributed by atoms with E-state index >= 15 is 4.39 Å². The normalized spacial score (nSPS) is 11.3. The minimum absolute atomic E-state index is 0.0455. The molecule has 1 nitrogen and oxygen atoms in total. The van der Waals surface area contributed by atoms with Gasteiger partial charge in [0, 0.05) is 28.1 Å². The van der Waals surface area contributed by atoms with Crippen LogP contribution in [0.25, 0.3) is 10.8 Å². The number of ether oxygens (including phenoxy) is 1. The number of unbranched alkanes of at least 4 members (excludes halogenated alkanes) is 4. The van der Waals surface area contributed by atoms with Crippen LogP contribution in [0.2, 0.25) is 5.02 Å². The van der Waals surface area contributed by atoms with Crippen LogP contribution in [0.3, 0.4) is 0 Å². The van der Waals surface area contributed by atoms with Gasteiger partial charge in [-0.3, -0.25) is 0 Å². The average Bonchev–Trinajstić information content (AvgIpc) is 2.91. The van der Waals surface area contributed by atoms with Crippen LogP contribution in [0.1, 0.15) is 61.3 Å². The van der Waals surface area contributed by atoms with Crippen molar-refractivity contribution in [2.24, 2.45) is 0 Å². The summed E-state index contributed by atoms with van der Waals surface area (Å²) in [6.07, 6.45) is 7.39. The number of rotatable bonds is 13. The largest absolute Gasteiger partial charge is 0.493 e. The minimum Gasteiger partial charge on any atom is -0.493 e. The summed E-state index contributed by atoms with van der Waals surface area (Å²) in [7, 11) is 0. The Hall–Kier alpha value is -2.98. The molecule has 4 aromatic carbocycles. The lowest BCUT2D eigenvalue weighted by Crippen LogP contribution is -2.03. The topological polar surface area (TPSA) is 9.23 Å². The van der Waals surface area contributed by atoms with Crippen molar-refractivity contribution in [3.8, 4) is 5.75 Å². The molecule has 0 aliphatic carbocycles. The molecular formula is C33H34ClF3O. The van der Waals surface area contributed by atoms with Gasteiger partial charge in [-0.05, 0) is 66.3 Å².